The van der Waals surface area contributed by atoms with Crippen molar-refractivity contribution in [2.24, 2.45) is 0 Å². The Morgan fingerprint density at radius 2 is 2.00 bits per heavy atom. The van der Waals surface area contributed by atoms with Gasteiger partial charge in [0.1, 0.15) is 6.04 Å². The summed E-state index contributed by atoms with van der Waals surface area (Å²) in [5, 5.41) is 9.21. The summed E-state index contributed by atoms with van der Waals surface area (Å²) in [6.45, 7) is 2.76. The van der Waals surface area contributed by atoms with E-state index >= 15 is 0 Å². The van der Waals surface area contributed by atoms with Crippen LogP contribution in [0.3, 0.4) is 0 Å². The molecule has 0 bridgehead atoms. The van der Waals surface area contributed by atoms with Crippen molar-refractivity contribution in [2.45, 2.75) is 38.8 Å². The first-order valence-electron chi connectivity index (χ1n) is 6.12. The van der Waals surface area contributed by atoms with Crippen LogP contribution in [0.15, 0.2) is 30.3 Å². The molecule has 94 valence electrons. The molecule has 1 rings (SSSR count). The van der Waals surface area contributed by atoms with Crippen molar-refractivity contribution in [3.05, 3.63) is 35.9 Å². The Morgan fingerprint density at radius 3 is 2.53 bits per heavy atom. The number of likely N-dealkylation sites (N-methyl/N-ethyl adjacent to an activating group) is 1. The predicted molar refractivity (Wildman–Crippen MR) is 68.9 cm³/mol. The van der Waals surface area contributed by atoms with Gasteiger partial charge in [0.2, 0.25) is 0 Å². The first kappa shape index (κ1) is 13.7. The van der Waals surface area contributed by atoms with E-state index in [1.165, 1.54) is 0 Å². The van der Waals surface area contributed by atoms with Crippen molar-refractivity contribution in [3.8, 4) is 0 Å². The number of rotatable bonds is 7. The molecule has 0 aliphatic rings. The van der Waals surface area contributed by atoms with E-state index in [0.717, 1.165) is 24.8 Å². The molecule has 0 aliphatic carbocycles. The smallest absolute Gasteiger partial charge is 0.320 e. The van der Waals surface area contributed by atoms with Crippen LogP contribution in [0.4, 0.5) is 0 Å². The maximum absolute atomic E-state index is 11.2. The molecule has 0 heterocycles. The molecule has 0 fully saturated rings. The molecule has 3 nitrogen and oxygen atoms in total. The van der Waals surface area contributed by atoms with Crippen molar-refractivity contribution in [1.29, 1.82) is 0 Å². The second-order valence-electron chi connectivity index (χ2n) is 4.40. The van der Waals surface area contributed by atoms with Crippen LogP contribution in [0.25, 0.3) is 0 Å². The van der Waals surface area contributed by atoms with Gasteiger partial charge < -0.3 is 5.11 Å². The number of unbranched alkanes of at least 4 members (excludes halogenated alkanes) is 1. The third-order valence-electron chi connectivity index (χ3n) is 2.92. The first-order chi connectivity index (χ1) is 8.15. The Hall–Kier alpha value is -1.35. The van der Waals surface area contributed by atoms with Crippen molar-refractivity contribution in [3.63, 3.8) is 0 Å². The second kappa shape index (κ2) is 7.07. The zero-order valence-electron chi connectivity index (χ0n) is 10.6. The summed E-state index contributed by atoms with van der Waals surface area (Å²) in [4.78, 5) is 13.1. The number of nitrogens with zero attached hydrogens (tertiary/aromatic N) is 1. The van der Waals surface area contributed by atoms with E-state index in [-0.39, 0.29) is 6.04 Å². The number of hydrogen-bond donors (Lipinski definition) is 1. The summed E-state index contributed by atoms with van der Waals surface area (Å²) in [5.74, 6) is -0.725. The third kappa shape index (κ3) is 4.57. The molecule has 17 heavy (non-hydrogen) atoms. The Balaban J connectivity index is 2.59. The van der Waals surface area contributed by atoms with E-state index in [1.807, 2.05) is 42.3 Å². The lowest BCUT2D eigenvalue weighted by Crippen LogP contribution is -2.37. The highest BCUT2D eigenvalue weighted by molar-refractivity contribution is 5.73. The topological polar surface area (TPSA) is 40.5 Å². The van der Waals surface area contributed by atoms with E-state index < -0.39 is 5.97 Å². The highest BCUT2D eigenvalue weighted by Gasteiger charge is 2.21. The zero-order valence-corrected chi connectivity index (χ0v) is 10.6. The molecule has 1 N–H and O–H groups in total. The van der Waals surface area contributed by atoms with Gasteiger partial charge in [-0.15, -0.1) is 0 Å². The molecule has 0 saturated carbocycles. The van der Waals surface area contributed by atoms with Crippen LogP contribution in [0.1, 0.15) is 31.7 Å². The van der Waals surface area contributed by atoms with Gasteiger partial charge in [0, 0.05) is 6.54 Å². The van der Waals surface area contributed by atoms with Gasteiger partial charge in [-0.05, 0) is 19.0 Å². The summed E-state index contributed by atoms with van der Waals surface area (Å²) in [5.41, 5.74) is 1.15. The fourth-order valence-electron chi connectivity index (χ4n) is 1.91. The number of benzene rings is 1. The molecule has 0 aliphatic heterocycles. The molecule has 0 saturated heterocycles. The summed E-state index contributed by atoms with van der Waals surface area (Å²) >= 11 is 0. The van der Waals surface area contributed by atoms with Crippen LogP contribution >= 0.6 is 0 Å². The molecule has 1 unspecified atom stereocenters. The maximum Gasteiger partial charge on any atom is 0.320 e. The lowest BCUT2D eigenvalue weighted by atomic mass is 10.1. The van der Waals surface area contributed by atoms with Crippen LogP contribution in [0.2, 0.25) is 0 Å². The zero-order chi connectivity index (χ0) is 12.7. The summed E-state index contributed by atoms with van der Waals surface area (Å²) in [6, 6.07) is 9.59. The molecule has 0 amide bonds. The fourth-order valence-corrected chi connectivity index (χ4v) is 1.91. The third-order valence-corrected chi connectivity index (χ3v) is 2.92. The van der Waals surface area contributed by atoms with Crippen LogP contribution in [-0.4, -0.2) is 29.1 Å². The highest BCUT2D eigenvalue weighted by atomic mass is 16.4. The van der Waals surface area contributed by atoms with Crippen LogP contribution in [0, 0.1) is 0 Å². The Bertz CT molecular complexity index is 337. The number of carboxylic acids is 1. The van der Waals surface area contributed by atoms with Gasteiger partial charge in [-0.3, -0.25) is 9.69 Å². The van der Waals surface area contributed by atoms with Gasteiger partial charge in [-0.1, -0.05) is 50.1 Å². The number of carbonyl (C=O) groups is 1. The normalized spacial score (nSPS) is 12.6. The Kier molecular flexibility index (Phi) is 5.70. The summed E-state index contributed by atoms with van der Waals surface area (Å²) in [6.07, 6.45) is 2.70. The SMILES string of the molecule is CCCCC(C(=O)O)N(C)Cc1ccccc1. The highest BCUT2D eigenvalue weighted by Crippen LogP contribution is 2.11. The largest absolute Gasteiger partial charge is 0.480 e. The molecular weight excluding hydrogens is 214 g/mol. The molecule has 0 aromatic heterocycles. The fraction of sp³-hybridized carbons (Fsp3) is 0.500. The number of hydrogen-bond acceptors (Lipinski definition) is 2. The minimum absolute atomic E-state index is 0.379. The molecule has 1 atom stereocenters. The van der Waals surface area contributed by atoms with E-state index in [2.05, 4.69) is 6.92 Å². The van der Waals surface area contributed by atoms with Crippen LogP contribution in [0.5, 0.6) is 0 Å². The van der Waals surface area contributed by atoms with Gasteiger partial charge in [0.25, 0.3) is 0 Å². The molecule has 1 aromatic carbocycles. The lowest BCUT2D eigenvalue weighted by Gasteiger charge is -2.24. The van der Waals surface area contributed by atoms with E-state index in [4.69, 9.17) is 0 Å². The standard InChI is InChI=1S/C14H21NO2/c1-3-4-10-13(14(16)17)15(2)11-12-8-6-5-7-9-12/h5-9,13H,3-4,10-11H2,1-2H3,(H,16,17). The minimum Gasteiger partial charge on any atom is -0.480 e. The van der Waals surface area contributed by atoms with Crippen molar-refractivity contribution in [1.82, 2.24) is 4.90 Å². The Morgan fingerprint density at radius 1 is 1.35 bits per heavy atom. The van der Waals surface area contributed by atoms with Gasteiger partial charge in [-0.25, -0.2) is 0 Å². The quantitative estimate of drug-likeness (QED) is 0.790. The average molecular weight is 235 g/mol. The van der Waals surface area contributed by atoms with Gasteiger partial charge in [0.15, 0.2) is 0 Å². The van der Waals surface area contributed by atoms with E-state index in [1.54, 1.807) is 0 Å². The molecular formula is C14H21NO2. The van der Waals surface area contributed by atoms with Crippen molar-refractivity contribution >= 4 is 5.97 Å². The van der Waals surface area contributed by atoms with Crippen molar-refractivity contribution in [2.75, 3.05) is 7.05 Å². The van der Waals surface area contributed by atoms with Gasteiger partial charge in [-0.2, -0.15) is 0 Å². The number of carboxylic acid groups (broad SMARTS) is 1. The first-order valence-corrected chi connectivity index (χ1v) is 6.12. The van der Waals surface area contributed by atoms with E-state index in [9.17, 15) is 9.90 Å². The minimum atomic E-state index is -0.725. The molecule has 0 spiro atoms. The Labute approximate surface area is 103 Å². The number of aliphatic carboxylic acids is 1. The second-order valence-corrected chi connectivity index (χ2v) is 4.40. The van der Waals surface area contributed by atoms with Crippen LogP contribution < -0.4 is 0 Å². The van der Waals surface area contributed by atoms with Gasteiger partial charge >= 0.3 is 5.97 Å². The molecule has 3 heteroatoms. The summed E-state index contributed by atoms with van der Waals surface area (Å²) in [7, 11) is 1.88. The average Bonchev–Trinajstić information content (AvgIpc) is 2.30. The molecule has 1 aromatic rings. The predicted octanol–water partition coefficient (Wildman–Crippen LogP) is 2.76. The van der Waals surface area contributed by atoms with Gasteiger partial charge in [0.05, 0.1) is 0 Å². The lowest BCUT2D eigenvalue weighted by molar-refractivity contribution is -0.143. The maximum atomic E-state index is 11.2. The van der Waals surface area contributed by atoms with E-state index in [0.29, 0.717) is 6.54 Å². The monoisotopic (exact) mass is 235 g/mol. The summed E-state index contributed by atoms with van der Waals surface area (Å²) < 4.78 is 0. The van der Waals surface area contributed by atoms with Crippen LogP contribution in [-0.2, 0) is 11.3 Å². The molecule has 0 radical (unpaired) electrons. The van der Waals surface area contributed by atoms with Crippen molar-refractivity contribution < 1.29 is 9.90 Å².